The van der Waals surface area contributed by atoms with Crippen molar-refractivity contribution in [3.8, 4) is 0 Å². The van der Waals surface area contributed by atoms with Crippen molar-refractivity contribution in [3.63, 3.8) is 0 Å². The van der Waals surface area contributed by atoms with Crippen molar-refractivity contribution >= 4 is 40.3 Å². The van der Waals surface area contributed by atoms with E-state index in [2.05, 4.69) is 30.9 Å². The van der Waals surface area contributed by atoms with Crippen LogP contribution in [0.5, 0.6) is 0 Å². The molecule has 3 N–H and O–H groups in total. The minimum absolute atomic E-state index is 0.115. The van der Waals surface area contributed by atoms with Crippen LogP contribution in [0.15, 0.2) is 42.6 Å². The minimum atomic E-state index is -0.367. The topological polar surface area (TPSA) is 109 Å². The number of benzene rings is 1. The number of fused-ring (bicyclic) bond motifs is 1. The average molecular weight is 350 g/mol. The van der Waals surface area contributed by atoms with Gasteiger partial charge in [-0.1, -0.05) is 17.7 Å². The van der Waals surface area contributed by atoms with Gasteiger partial charge in [-0.05, 0) is 31.2 Å². The largest absolute Gasteiger partial charge is 0.347 e. The number of nitrogens with zero attached hydrogens (tertiary/aromatic N) is 3. The summed E-state index contributed by atoms with van der Waals surface area (Å²) in [4.78, 5) is 35.7. The second-order valence-electron chi connectivity index (χ2n) is 5.74. The predicted octanol–water partition coefficient (Wildman–Crippen LogP) is 2.15. The maximum Gasteiger partial charge on any atom is 0.244 e. The van der Waals surface area contributed by atoms with Gasteiger partial charge in [-0.15, -0.1) is 0 Å². The van der Waals surface area contributed by atoms with Crippen molar-refractivity contribution in [1.82, 2.24) is 20.3 Å². The summed E-state index contributed by atoms with van der Waals surface area (Å²) >= 11 is 0. The lowest BCUT2D eigenvalue weighted by Gasteiger charge is -2.08. The zero-order chi connectivity index (χ0) is 18.5. The van der Waals surface area contributed by atoms with Crippen LogP contribution in [-0.4, -0.2) is 33.3 Å². The van der Waals surface area contributed by atoms with E-state index >= 15 is 0 Å². The Balaban J connectivity index is 1.76. The fraction of sp³-hybridized carbons (Fsp3) is 0.167. The van der Waals surface area contributed by atoms with Gasteiger partial charge in [-0.2, -0.15) is 0 Å². The number of carbonyl (C=O) groups excluding carboxylic acids is 2. The number of carbonyl (C=O) groups is 2. The summed E-state index contributed by atoms with van der Waals surface area (Å²) in [7, 11) is 0. The van der Waals surface area contributed by atoms with Crippen molar-refractivity contribution in [2.24, 2.45) is 0 Å². The molecule has 0 fully saturated rings. The van der Waals surface area contributed by atoms with Crippen LogP contribution in [0.2, 0.25) is 0 Å². The quantitative estimate of drug-likeness (QED) is 0.650. The molecule has 8 nitrogen and oxygen atoms in total. The molecule has 2 amide bonds. The van der Waals surface area contributed by atoms with Gasteiger partial charge in [-0.25, -0.2) is 15.0 Å². The minimum Gasteiger partial charge on any atom is -0.347 e. The summed E-state index contributed by atoms with van der Waals surface area (Å²) < 4.78 is 0. The Kier molecular flexibility index (Phi) is 5.02. The Labute approximate surface area is 150 Å². The van der Waals surface area contributed by atoms with Crippen LogP contribution in [0.3, 0.4) is 0 Å². The number of hydrogen-bond acceptors (Lipinski definition) is 6. The molecule has 0 bridgehead atoms. The Bertz CT molecular complexity index is 956. The van der Waals surface area contributed by atoms with Gasteiger partial charge < -0.3 is 16.0 Å². The van der Waals surface area contributed by atoms with E-state index in [1.165, 1.54) is 12.5 Å². The monoisotopic (exact) mass is 350 g/mol. The lowest BCUT2D eigenvalue weighted by molar-refractivity contribution is -0.122. The van der Waals surface area contributed by atoms with Gasteiger partial charge >= 0.3 is 0 Å². The maximum absolute atomic E-state index is 11.8. The highest BCUT2D eigenvalue weighted by atomic mass is 16.2. The highest BCUT2D eigenvalue weighted by molar-refractivity contribution is 5.94. The lowest BCUT2D eigenvalue weighted by atomic mass is 10.2. The number of pyridine rings is 1. The first-order chi connectivity index (χ1) is 12.5. The molecule has 2 heterocycles. The zero-order valence-electron chi connectivity index (χ0n) is 14.4. The Morgan fingerprint density at radius 2 is 1.73 bits per heavy atom. The molecule has 0 spiro atoms. The van der Waals surface area contributed by atoms with Crippen LogP contribution in [-0.2, 0) is 9.59 Å². The molecule has 26 heavy (non-hydrogen) atoms. The van der Waals surface area contributed by atoms with E-state index in [9.17, 15) is 9.59 Å². The average Bonchev–Trinajstić information content (AvgIpc) is 2.62. The second kappa shape index (κ2) is 7.56. The fourth-order valence-electron chi connectivity index (χ4n) is 2.20. The van der Waals surface area contributed by atoms with Crippen molar-refractivity contribution < 1.29 is 9.59 Å². The molecule has 0 aliphatic carbocycles. The number of anilines is 3. The third kappa shape index (κ3) is 4.50. The molecule has 8 heteroatoms. The van der Waals surface area contributed by atoms with Crippen LogP contribution >= 0.6 is 0 Å². The van der Waals surface area contributed by atoms with E-state index in [-0.39, 0.29) is 18.4 Å². The van der Waals surface area contributed by atoms with Gasteiger partial charge in [0.2, 0.25) is 11.8 Å². The van der Waals surface area contributed by atoms with Gasteiger partial charge in [-0.3, -0.25) is 9.59 Å². The molecule has 0 radical (unpaired) electrons. The molecule has 0 saturated carbocycles. The zero-order valence-corrected chi connectivity index (χ0v) is 14.4. The van der Waals surface area contributed by atoms with Crippen molar-refractivity contribution in [1.29, 1.82) is 0 Å². The fourth-order valence-corrected chi connectivity index (χ4v) is 2.20. The smallest absolute Gasteiger partial charge is 0.244 e. The molecular formula is C18H18N6O2. The first-order valence-corrected chi connectivity index (χ1v) is 8.01. The molecule has 3 rings (SSSR count). The normalized spacial score (nSPS) is 10.4. The number of aromatic nitrogens is 3. The SMILES string of the molecule is CC(=O)NCC(=O)Nc1ccc2ncc(Nc3ccc(C)cc3)nc2n1. The summed E-state index contributed by atoms with van der Waals surface area (Å²) in [6.07, 6.45) is 1.62. The number of rotatable bonds is 5. The van der Waals surface area contributed by atoms with Crippen LogP contribution in [0.4, 0.5) is 17.3 Å². The number of hydrogen-bond donors (Lipinski definition) is 3. The van der Waals surface area contributed by atoms with E-state index < -0.39 is 0 Å². The van der Waals surface area contributed by atoms with Gasteiger partial charge in [0.1, 0.15) is 11.3 Å². The molecule has 0 saturated heterocycles. The first kappa shape index (κ1) is 17.3. The molecule has 1 aromatic carbocycles. The molecule has 0 atom stereocenters. The highest BCUT2D eigenvalue weighted by Crippen LogP contribution is 2.17. The van der Waals surface area contributed by atoms with E-state index in [4.69, 9.17) is 0 Å². The molecule has 132 valence electrons. The molecule has 3 aromatic rings. The van der Waals surface area contributed by atoms with Gasteiger partial charge in [0.15, 0.2) is 11.5 Å². The van der Waals surface area contributed by atoms with E-state index in [0.717, 1.165) is 5.69 Å². The summed E-state index contributed by atoms with van der Waals surface area (Å²) in [5.41, 5.74) is 3.07. The number of amides is 2. The van der Waals surface area contributed by atoms with E-state index in [1.54, 1.807) is 18.3 Å². The van der Waals surface area contributed by atoms with Crippen molar-refractivity contribution in [2.45, 2.75) is 13.8 Å². The van der Waals surface area contributed by atoms with Crippen molar-refractivity contribution in [3.05, 3.63) is 48.2 Å². The van der Waals surface area contributed by atoms with Gasteiger partial charge in [0.05, 0.1) is 12.7 Å². The number of aryl methyl sites for hydroxylation is 1. The second-order valence-corrected chi connectivity index (χ2v) is 5.74. The van der Waals surface area contributed by atoms with Crippen LogP contribution in [0.1, 0.15) is 12.5 Å². The third-order valence-corrected chi connectivity index (χ3v) is 3.50. The summed E-state index contributed by atoms with van der Waals surface area (Å²) in [5, 5.41) is 8.21. The molecule has 0 aliphatic heterocycles. The molecule has 2 aromatic heterocycles. The van der Waals surface area contributed by atoms with Crippen LogP contribution in [0.25, 0.3) is 11.2 Å². The molecule has 0 unspecified atom stereocenters. The maximum atomic E-state index is 11.8. The van der Waals surface area contributed by atoms with E-state index in [1.807, 2.05) is 31.2 Å². The Morgan fingerprint density at radius 3 is 2.46 bits per heavy atom. The Hall–Kier alpha value is -3.55. The summed E-state index contributed by atoms with van der Waals surface area (Å²) in [6, 6.07) is 11.3. The van der Waals surface area contributed by atoms with Gasteiger partial charge in [0.25, 0.3) is 0 Å². The van der Waals surface area contributed by atoms with Gasteiger partial charge in [0, 0.05) is 12.6 Å². The highest BCUT2D eigenvalue weighted by Gasteiger charge is 2.07. The predicted molar refractivity (Wildman–Crippen MR) is 99.1 cm³/mol. The summed E-state index contributed by atoms with van der Waals surface area (Å²) in [5.74, 6) is 0.253. The van der Waals surface area contributed by atoms with Crippen molar-refractivity contribution in [2.75, 3.05) is 17.2 Å². The first-order valence-electron chi connectivity index (χ1n) is 8.01. The molecule has 0 aliphatic rings. The number of nitrogens with one attached hydrogen (secondary N) is 3. The van der Waals surface area contributed by atoms with Crippen LogP contribution < -0.4 is 16.0 Å². The third-order valence-electron chi connectivity index (χ3n) is 3.50. The van der Waals surface area contributed by atoms with Crippen LogP contribution in [0, 0.1) is 6.92 Å². The Morgan fingerprint density at radius 1 is 1.00 bits per heavy atom. The van der Waals surface area contributed by atoms with E-state index in [0.29, 0.717) is 22.8 Å². The molecular weight excluding hydrogens is 332 g/mol. The summed E-state index contributed by atoms with van der Waals surface area (Å²) in [6.45, 7) is 3.25. The standard InChI is InChI=1S/C18H18N6O2/c1-11-3-5-13(6-4-11)21-16-9-20-14-7-8-15(23-18(14)24-16)22-17(26)10-19-12(2)25/h3-9H,10H2,1-2H3,(H,19,25)(H2,21,22,23,24,26). The lowest BCUT2D eigenvalue weighted by Crippen LogP contribution is -2.31.